The Morgan fingerprint density at radius 3 is 2.46 bits per heavy atom. The average molecular weight is 180 g/mol. The van der Waals surface area contributed by atoms with Crippen LogP contribution in [0.1, 0.15) is 47.0 Å². The quantitative estimate of drug-likeness (QED) is 0.557. The van der Waals surface area contributed by atoms with Gasteiger partial charge in [0.1, 0.15) is 0 Å². The van der Waals surface area contributed by atoms with E-state index in [4.69, 9.17) is 0 Å². The molecule has 0 bridgehead atoms. The Kier molecular flexibility index (Phi) is 3.21. The molecule has 3 atom stereocenters. The highest BCUT2D eigenvalue weighted by molar-refractivity contribution is 4.89. The molecule has 0 aromatic rings. The summed E-state index contributed by atoms with van der Waals surface area (Å²) in [5.74, 6) is 2.64. The first kappa shape index (κ1) is 10.8. The number of rotatable bonds is 2. The van der Waals surface area contributed by atoms with E-state index in [9.17, 15) is 0 Å². The van der Waals surface area contributed by atoms with Crippen LogP contribution in [0, 0.1) is 23.2 Å². The molecular weight excluding hydrogens is 156 g/mol. The Balaban J connectivity index is 2.66. The van der Waals surface area contributed by atoms with Crippen LogP contribution in [0.4, 0.5) is 0 Å². The average Bonchev–Trinajstić information content (AvgIpc) is 1.99. The molecule has 0 aromatic carbocycles. The molecule has 0 amide bonds. The van der Waals surface area contributed by atoms with Gasteiger partial charge in [-0.25, -0.2) is 0 Å². The summed E-state index contributed by atoms with van der Waals surface area (Å²) >= 11 is 0. The molecule has 1 unspecified atom stereocenters. The SMILES string of the molecule is C=CC[C@H]1CC(C)(C)C[C@@H](C)C1C. The van der Waals surface area contributed by atoms with Gasteiger partial charge in [-0.1, -0.05) is 33.8 Å². The molecule has 1 saturated carbocycles. The van der Waals surface area contributed by atoms with Crippen molar-refractivity contribution in [2.24, 2.45) is 23.2 Å². The summed E-state index contributed by atoms with van der Waals surface area (Å²) in [5.41, 5.74) is 0.555. The molecule has 0 nitrogen and oxygen atoms in total. The topological polar surface area (TPSA) is 0 Å². The van der Waals surface area contributed by atoms with Gasteiger partial charge in [-0.05, 0) is 42.4 Å². The lowest BCUT2D eigenvalue weighted by Crippen LogP contribution is -2.33. The fourth-order valence-electron chi connectivity index (χ4n) is 3.01. The van der Waals surface area contributed by atoms with Gasteiger partial charge in [-0.2, -0.15) is 0 Å². The van der Waals surface area contributed by atoms with Gasteiger partial charge in [0, 0.05) is 0 Å². The number of allylic oxidation sites excluding steroid dienone is 1. The molecule has 13 heavy (non-hydrogen) atoms. The highest BCUT2D eigenvalue weighted by Gasteiger charge is 2.36. The van der Waals surface area contributed by atoms with Crippen LogP contribution in [0.2, 0.25) is 0 Å². The van der Waals surface area contributed by atoms with Crippen LogP contribution in [-0.4, -0.2) is 0 Å². The fraction of sp³-hybridized carbons (Fsp3) is 0.846. The van der Waals surface area contributed by atoms with Crippen molar-refractivity contribution in [1.82, 2.24) is 0 Å². The zero-order valence-corrected chi connectivity index (χ0v) is 9.64. The van der Waals surface area contributed by atoms with Gasteiger partial charge in [0.15, 0.2) is 0 Å². The Morgan fingerprint density at radius 1 is 1.31 bits per heavy atom. The maximum atomic E-state index is 3.86. The zero-order chi connectivity index (χ0) is 10.1. The standard InChI is InChI=1S/C13H24/c1-6-7-12-9-13(4,5)8-10(2)11(12)3/h6,10-12H,1,7-9H2,2-5H3/t10-,11?,12+/m1/s1. The van der Waals surface area contributed by atoms with E-state index < -0.39 is 0 Å². The molecule has 0 spiro atoms. The van der Waals surface area contributed by atoms with Crippen LogP contribution in [0.25, 0.3) is 0 Å². The van der Waals surface area contributed by atoms with E-state index in [2.05, 4.69) is 40.3 Å². The van der Waals surface area contributed by atoms with Gasteiger partial charge in [0.25, 0.3) is 0 Å². The fourth-order valence-corrected chi connectivity index (χ4v) is 3.01. The van der Waals surface area contributed by atoms with Gasteiger partial charge in [-0.3, -0.25) is 0 Å². The van der Waals surface area contributed by atoms with Gasteiger partial charge < -0.3 is 0 Å². The largest absolute Gasteiger partial charge is 0.103 e. The minimum atomic E-state index is 0.555. The maximum Gasteiger partial charge on any atom is -0.0322 e. The molecule has 1 aliphatic carbocycles. The molecule has 1 fully saturated rings. The summed E-state index contributed by atoms with van der Waals surface area (Å²) < 4.78 is 0. The summed E-state index contributed by atoms with van der Waals surface area (Å²) in [4.78, 5) is 0. The summed E-state index contributed by atoms with van der Waals surface area (Å²) in [6.07, 6.45) is 6.07. The minimum absolute atomic E-state index is 0.555. The van der Waals surface area contributed by atoms with Crippen molar-refractivity contribution in [3.8, 4) is 0 Å². The normalized spacial score (nSPS) is 38.6. The molecule has 76 valence electrons. The van der Waals surface area contributed by atoms with Crippen molar-refractivity contribution in [2.45, 2.75) is 47.0 Å². The van der Waals surface area contributed by atoms with Gasteiger partial charge in [-0.15, -0.1) is 6.58 Å². The van der Waals surface area contributed by atoms with Crippen LogP contribution >= 0.6 is 0 Å². The molecule has 0 aromatic heterocycles. The molecule has 0 radical (unpaired) electrons. The van der Waals surface area contributed by atoms with Crippen molar-refractivity contribution in [2.75, 3.05) is 0 Å². The van der Waals surface area contributed by atoms with Crippen LogP contribution in [0.5, 0.6) is 0 Å². The summed E-state index contributed by atoms with van der Waals surface area (Å²) in [7, 11) is 0. The summed E-state index contributed by atoms with van der Waals surface area (Å²) in [6.45, 7) is 13.5. The highest BCUT2D eigenvalue weighted by atomic mass is 14.4. The second kappa shape index (κ2) is 3.86. The lowest BCUT2D eigenvalue weighted by atomic mass is 9.62. The third-order valence-corrected chi connectivity index (χ3v) is 3.80. The highest BCUT2D eigenvalue weighted by Crippen LogP contribution is 2.46. The van der Waals surface area contributed by atoms with E-state index in [1.165, 1.54) is 19.3 Å². The predicted octanol–water partition coefficient (Wildman–Crippen LogP) is 4.27. The Morgan fingerprint density at radius 2 is 1.92 bits per heavy atom. The Labute approximate surface area is 83.4 Å². The molecule has 0 heterocycles. The van der Waals surface area contributed by atoms with Crippen molar-refractivity contribution in [3.63, 3.8) is 0 Å². The third kappa shape index (κ3) is 2.59. The van der Waals surface area contributed by atoms with Crippen molar-refractivity contribution < 1.29 is 0 Å². The molecule has 0 aliphatic heterocycles. The molecule has 0 N–H and O–H groups in total. The summed E-state index contributed by atoms with van der Waals surface area (Å²) in [5, 5.41) is 0. The van der Waals surface area contributed by atoms with Crippen LogP contribution in [0.15, 0.2) is 12.7 Å². The third-order valence-electron chi connectivity index (χ3n) is 3.80. The smallest absolute Gasteiger partial charge is 0.0322 e. The maximum absolute atomic E-state index is 3.86. The number of hydrogen-bond acceptors (Lipinski definition) is 0. The van der Waals surface area contributed by atoms with E-state index >= 15 is 0 Å². The second-order valence-electron chi connectivity index (χ2n) is 5.69. The predicted molar refractivity (Wildman–Crippen MR) is 59.6 cm³/mol. The molecule has 0 saturated heterocycles. The van der Waals surface area contributed by atoms with Crippen molar-refractivity contribution in [1.29, 1.82) is 0 Å². The lowest BCUT2D eigenvalue weighted by Gasteiger charge is -2.43. The van der Waals surface area contributed by atoms with Gasteiger partial charge in [0.05, 0.1) is 0 Å². The number of hydrogen-bond donors (Lipinski definition) is 0. The zero-order valence-electron chi connectivity index (χ0n) is 9.64. The lowest BCUT2D eigenvalue weighted by molar-refractivity contribution is 0.0763. The first-order valence-electron chi connectivity index (χ1n) is 5.57. The monoisotopic (exact) mass is 180 g/mol. The molecule has 0 heteroatoms. The van der Waals surface area contributed by atoms with Crippen molar-refractivity contribution in [3.05, 3.63) is 12.7 Å². The van der Waals surface area contributed by atoms with E-state index in [1.54, 1.807) is 0 Å². The molecule has 1 aliphatic rings. The Bertz CT molecular complexity index is 178. The van der Waals surface area contributed by atoms with Crippen LogP contribution in [0.3, 0.4) is 0 Å². The van der Waals surface area contributed by atoms with Crippen molar-refractivity contribution >= 4 is 0 Å². The summed E-state index contributed by atoms with van der Waals surface area (Å²) in [6, 6.07) is 0. The Hall–Kier alpha value is -0.260. The molecule has 1 rings (SSSR count). The first-order valence-corrected chi connectivity index (χ1v) is 5.57. The van der Waals surface area contributed by atoms with E-state index in [-0.39, 0.29) is 0 Å². The van der Waals surface area contributed by atoms with E-state index in [0.717, 1.165) is 17.8 Å². The molecular formula is C13H24. The van der Waals surface area contributed by atoms with Gasteiger partial charge in [0.2, 0.25) is 0 Å². The van der Waals surface area contributed by atoms with Crippen LogP contribution < -0.4 is 0 Å². The van der Waals surface area contributed by atoms with Crippen LogP contribution in [-0.2, 0) is 0 Å². The first-order chi connectivity index (χ1) is 5.96. The minimum Gasteiger partial charge on any atom is -0.103 e. The second-order valence-corrected chi connectivity index (χ2v) is 5.69. The van der Waals surface area contributed by atoms with E-state index in [1.807, 2.05) is 0 Å². The van der Waals surface area contributed by atoms with Gasteiger partial charge >= 0.3 is 0 Å². The van der Waals surface area contributed by atoms with E-state index in [0.29, 0.717) is 5.41 Å².